The Hall–Kier alpha value is -1.70. The first-order valence-corrected chi connectivity index (χ1v) is 11.9. The number of thiazole rings is 1. The fourth-order valence-corrected chi connectivity index (χ4v) is 5.91. The van der Waals surface area contributed by atoms with Crippen molar-refractivity contribution >= 4 is 32.6 Å². The van der Waals surface area contributed by atoms with Crippen LogP contribution in [0.5, 0.6) is 0 Å². The van der Waals surface area contributed by atoms with Crippen molar-refractivity contribution in [1.82, 2.24) is 14.8 Å². The van der Waals surface area contributed by atoms with Crippen molar-refractivity contribution < 1.29 is 9.53 Å². The van der Waals surface area contributed by atoms with Crippen molar-refractivity contribution in [2.24, 2.45) is 0 Å². The lowest BCUT2D eigenvalue weighted by Crippen LogP contribution is -2.52. The van der Waals surface area contributed by atoms with Gasteiger partial charge in [-0.05, 0) is 31.0 Å². The van der Waals surface area contributed by atoms with Gasteiger partial charge in [0.15, 0.2) is 5.13 Å². The van der Waals surface area contributed by atoms with E-state index in [2.05, 4.69) is 9.80 Å². The van der Waals surface area contributed by atoms with E-state index in [9.17, 15) is 4.79 Å². The Kier molecular flexibility index (Phi) is 5.70. The van der Waals surface area contributed by atoms with Gasteiger partial charge in [0.1, 0.15) is 0 Å². The molecule has 2 saturated heterocycles. The lowest BCUT2D eigenvalue weighted by atomic mass is 9.94. The number of rotatable bonds is 3. The zero-order chi connectivity index (χ0) is 19.6. The Bertz CT molecular complexity index is 850. The van der Waals surface area contributed by atoms with Gasteiger partial charge in [0, 0.05) is 50.9 Å². The molecule has 1 aromatic carbocycles. The van der Waals surface area contributed by atoms with Gasteiger partial charge in [-0.2, -0.15) is 0 Å². The molecule has 1 amide bonds. The zero-order valence-electron chi connectivity index (χ0n) is 17.0. The van der Waals surface area contributed by atoms with Gasteiger partial charge < -0.3 is 14.5 Å². The Morgan fingerprint density at radius 1 is 1.00 bits per heavy atom. The van der Waals surface area contributed by atoms with E-state index in [1.165, 1.54) is 32.1 Å². The number of nitrogens with zero attached hydrogens (tertiary/aromatic N) is 4. The van der Waals surface area contributed by atoms with E-state index in [0.717, 1.165) is 79.4 Å². The smallest absolute Gasteiger partial charge is 0.253 e. The van der Waals surface area contributed by atoms with Crippen molar-refractivity contribution in [2.75, 3.05) is 57.4 Å². The standard InChI is InChI=1S/C22H30N4O2S/c27-21(25-10-8-24(9-11-25)18-4-2-1-3-5-18)17-6-7-19-20(16-17)29-22(23-19)26-12-14-28-15-13-26/h6-7,16,18H,1-5,8-15H2. The van der Waals surface area contributed by atoms with Crippen molar-refractivity contribution in [3.8, 4) is 0 Å². The Morgan fingerprint density at radius 2 is 1.76 bits per heavy atom. The number of hydrogen-bond acceptors (Lipinski definition) is 6. The number of morpholine rings is 1. The predicted molar refractivity (Wildman–Crippen MR) is 117 cm³/mol. The maximum atomic E-state index is 13.1. The van der Waals surface area contributed by atoms with Crippen LogP contribution in [0.1, 0.15) is 42.5 Å². The van der Waals surface area contributed by atoms with Gasteiger partial charge in [-0.3, -0.25) is 9.69 Å². The molecule has 3 aliphatic rings. The third-order valence-corrected chi connectivity index (χ3v) is 7.68. The number of hydrogen-bond donors (Lipinski definition) is 0. The SMILES string of the molecule is O=C(c1ccc2nc(N3CCOCC3)sc2c1)N1CCN(C2CCCCC2)CC1. The molecule has 2 aliphatic heterocycles. The van der Waals surface area contributed by atoms with Gasteiger partial charge in [-0.1, -0.05) is 30.6 Å². The molecule has 0 atom stereocenters. The van der Waals surface area contributed by atoms with Crippen molar-refractivity contribution in [2.45, 2.75) is 38.1 Å². The monoisotopic (exact) mass is 414 g/mol. The molecular weight excluding hydrogens is 384 g/mol. The summed E-state index contributed by atoms with van der Waals surface area (Å²) in [5.74, 6) is 0.163. The average molecular weight is 415 g/mol. The second-order valence-electron chi connectivity index (χ2n) is 8.40. The van der Waals surface area contributed by atoms with Crippen LogP contribution in [-0.4, -0.2) is 79.2 Å². The topological polar surface area (TPSA) is 48.9 Å². The minimum absolute atomic E-state index is 0.163. The lowest BCUT2D eigenvalue weighted by molar-refractivity contribution is 0.0523. The molecule has 1 aromatic heterocycles. The Morgan fingerprint density at radius 3 is 2.52 bits per heavy atom. The molecule has 3 fully saturated rings. The fourth-order valence-electron chi connectivity index (χ4n) is 4.85. The number of carbonyl (C=O) groups is 1. The molecule has 2 aromatic rings. The molecule has 6 nitrogen and oxygen atoms in total. The summed E-state index contributed by atoms with van der Waals surface area (Å²) in [5.41, 5.74) is 1.77. The molecule has 156 valence electrons. The first kappa shape index (κ1) is 19.3. The van der Waals surface area contributed by atoms with Gasteiger partial charge in [0.05, 0.1) is 23.4 Å². The van der Waals surface area contributed by atoms with Crippen LogP contribution in [0.4, 0.5) is 5.13 Å². The minimum atomic E-state index is 0.163. The molecule has 29 heavy (non-hydrogen) atoms. The molecule has 3 heterocycles. The highest BCUT2D eigenvalue weighted by atomic mass is 32.1. The lowest BCUT2D eigenvalue weighted by Gasteiger charge is -2.40. The highest BCUT2D eigenvalue weighted by Crippen LogP contribution is 2.30. The molecule has 0 spiro atoms. The quantitative estimate of drug-likeness (QED) is 0.772. The summed E-state index contributed by atoms with van der Waals surface area (Å²) in [6.07, 6.45) is 6.79. The fraction of sp³-hybridized carbons (Fsp3) is 0.636. The number of ether oxygens (including phenoxy) is 1. The molecule has 7 heteroatoms. The maximum absolute atomic E-state index is 13.1. The van der Waals surface area contributed by atoms with Crippen molar-refractivity contribution in [1.29, 1.82) is 0 Å². The Labute approximate surface area is 176 Å². The maximum Gasteiger partial charge on any atom is 0.253 e. The van der Waals surface area contributed by atoms with Gasteiger partial charge in [0.25, 0.3) is 5.91 Å². The summed E-state index contributed by atoms with van der Waals surface area (Å²) in [6, 6.07) is 6.72. The molecule has 0 unspecified atom stereocenters. The van der Waals surface area contributed by atoms with E-state index >= 15 is 0 Å². The van der Waals surface area contributed by atoms with E-state index in [4.69, 9.17) is 9.72 Å². The summed E-state index contributed by atoms with van der Waals surface area (Å²) >= 11 is 1.68. The minimum Gasteiger partial charge on any atom is -0.378 e. The van der Waals surface area contributed by atoms with Crippen molar-refractivity contribution in [3.05, 3.63) is 23.8 Å². The molecule has 0 radical (unpaired) electrons. The number of carbonyl (C=O) groups excluding carboxylic acids is 1. The van der Waals surface area contributed by atoms with Crippen LogP contribution >= 0.6 is 11.3 Å². The Balaban J connectivity index is 1.25. The second-order valence-corrected chi connectivity index (χ2v) is 9.41. The molecule has 0 N–H and O–H groups in total. The number of aromatic nitrogens is 1. The molecular formula is C22H30N4O2S. The van der Waals surface area contributed by atoms with Crippen LogP contribution in [0.3, 0.4) is 0 Å². The van der Waals surface area contributed by atoms with Crippen LogP contribution < -0.4 is 4.90 Å². The molecule has 1 saturated carbocycles. The highest BCUT2D eigenvalue weighted by Gasteiger charge is 2.27. The average Bonchev–Trinajstić information content (AvgIpc) is 3.23. The van der Waals surface area contributed by atoms with Crippen LogP contribution in [-0.2, 0) is 4.74 Å². The predicted octanol–water partition coefficient (Wildman–Crippen LogP) is 3.22. The molecule has 0 bridgehead atoms. The van der Waals surface area contributed by atoms with Crippen LogP contribution in [0.25, 0.3) is 10.2 Å². The van der Waals surface area contributed by atoms with Crippen LogP contribution in [0.15, 0.2) is 18.2 Å². The number of fused-ring (bicyclic) bond motifs is 1. The number of piperazine rings is 1. The van der Waals surface area contributed by atoms with E-state index in [1.54, 1.807) is 11.3 Å². The van der Waals surface area contributed by atoms with Gasteiger partial charge in [-0.15, -0.1) is 0 Å². The van der Waals surface area contributed by atoms with Crippen molar-refractivity contribution in [3.63, 3.8) is 0 Å². The normalized spacial score (nSPS) is 22.3. The highest BCUT2D eigenvalue weighted by molar-refractivity contribution is 7.22. The summed E-state index contributed by atoms with van der Waals surface area (Å²) in [7, 11) is 0. The molecule has 1 aliphatic carbocycles. The first-order chi connectivity index (χ1) is 14.3. The number of benzene rings is 1. The van der Waals surface area contributed by atoms with Gasteiger partial charge in [0.2, 0.25) is 0 Å². The summed E-state index contributed by atoms with van der Waals surface area (Å²) in [6.45, 7) is 7.00. The first-order valence-electron chi connectivity index (χ1n) is 11.0. The van der Waals surface area contributed by atoms with Gasteiger partial charge >= 0.3 is 0 Å². The van der Waals surface area contributed by atoms with E-state index in [0.29, 0.717) is 0 Å². The van der Waals surface area contributed by atoms with E-state index in [1.807, 2.05) is 23.1 Å². The van der Waals surface area contributed by atoms with Gasteiger partial charge in [-0.25, -0.2) is 4.98 Å². The third kappa shape index (κ3) is 4.13. The summed E-state index contributed by atoms with van der Waals surface area (Å²) in [4.78, 5) is 24.8. The number of amides is 1. The second kappa shape index (κ2) is 8.58. The van der Waals surface area contributed by atoms with E-state index < -0.39 is 0 Å². The summed E-state index contributed by atoms with van der Waals surface area (Å²) < 4.78 is 6.54. The zero-order valence-corrected chi connectivity index (χ0v) is 17.8. The largest absolute Gasteiger partial charge is 0.378 e. The third-order valence-electron chi connectivity index (χ3n) is 6.60. The van der Waals surface area contributed by atoms with Crippen LogP contribution in [0.2, 0.25) is 0 Å². The molecule has 5 rings (SSSR count). The van der Waals surface area contributed by atoms with E-state index in [-0.39, 0.29) is 5.91 Å². The summed E-state index contributed by atoms with van der Waals surface area (Å²) in [5, 5.41) is 1.04. The van der Waals surface area contributed by atoms with Crippen LogP contribution in [0, 0.1) is 0 Å². The number of anilines is 1.